The van der Waals surface area contributed by atoms with Gasteiger partial charge in [-0.05, 0) is 12.1 Å². The van der Waals surface area contributed by atoms with E-state index in [0.717, 1.165) is 10.1 Å². The molecule has 3 rings (SSSR count). The van der Waals surface area contributed by atoms with E-state index >= 15 is 0 Å². The van der Waals surface area contributed by atoms with Gasteiger partial charge in [-0.2, -0.15) is 4.52 Å². The molecular weight excluding hydrogens is 228 g/mol. The van der Waals surface area contributed by atoms with E-state index in [0.29, 0.717) is 5.56 Å². The van der Waals surface area contributed by atoms with E-state index in [9.17, 15) is 9.59 Å². The molecule has 86 valence electrons. The Labute approximate surface area is 102 Å². The van der Waals surface area contributed by atoms with Crippen LogP contribution in [0.5, 0.6) is 0 Å². The van der Waals surface area contributed by atoms with Crippen LogP contribution in [0.15, 0.2) is 58.4 Å². The minimum Gasteiger partial charge on any atom is -0.267 e. The molecule has 1 aromatic carbocycles. The summed E-state index contributed by atoms with van der Waals surface area (Å²) in [6, 6.07) is 10.7. The first-order chi connectivity index (χ1) is 8.75. The zero-order valence-corrected chi connectivity index (χ0v) is 9.33. The largest absolute Gasteiger partial charge is 0.290 e. The molecule has 0 bridgehead atoms. The van der Waals surface area contributed by atoms with Gasteiger partial charge >= 0.3 is 0 Å². The summed E-state index contributed by atoms with van der Waals surface area (Å²) in [5.41, 5.74) is 0.424. The van der Waals surface area contributed by atoms with Gasteiger partial charge in [0.2, 0.25) is 0 Å². The lowest BCUT2D eigenvalue weighted by molar-refractivity contribution is 0.805. The molecule has 0 saturated heterocycles. The molecular formula is C14H8N2O2. The van der Waals surface area contributed by atoms with E-state index in [-0.39, 0.29) is 11.1 Å². The Balaban J connectivity index is 2.12. The maximum Gasteiger partial charge on any atom is 0.290 e. The van der Waals surface area contributed by atoms with Crippen LogP contribution in [-0.2, 0) is 0 Å². The van der Waals surface area contributed by atoms with E-state index < -0.39 is 0 Å². The van der Waals surface area contributed by atoms with Crippen LogP contribution in [-0.4, -0.2) is 9.03 Å². The smallest absolute Gasteiger partial charge is 0.267 e. The maximum absolute atomic E-state index is 11.9. The number of fused-ring (bicyclic) bond motifs is 1. The Morgan fingerprint density at radius 3 is 2.44 bits per heavy atom. The molecule has 3 aromatic rings. The third kappa shape index (κ3) is 1.59. The number of rotatable bonds is 0. The number of nitrogens with zero attached hydrogens (tertiary/aromatic N) is 2. The van der Waals surface area contributed by atoms with Gasteiger partial charge in [0.15, 0.2) is 0 Å². The first-order valence-corrected chi connectivity index (χ1v) is 5.39. The molecule has 0 amide bonds. The Morgan fingerprint density at radius 1 is 0.944 bits per heavy atom. The molecule has 18 heavy (non-hydrogen) atoms. The van der Waals surface area contributed by atoms with Gasteiger partial charge in [0.1, 0.15) is 5.56 Å². The molecule has 2 heterocycles. The van der Waals surface area contributed by atoms with E-state index in [4.69, 9.17) is 0 Å². The van der Waals surface area contributed by atoms with Gasteiger partial charge < -0.3 is 0 Å². The third-order valence-corrected chi connectivity index (χ3v) is 2.61. The second kappa shape index (κ2) is 3.90. The number of hydrogen-bond acceptors (Lipinski definition) is 2. The predicted octanol–water partition coefficient (Wildman–Crippen LogP) is 0.597. The summed E-state index contributed by atoms with van der Waals surface area (Å²) in [5.74, 6) is 5.68. The lowest BCUT2D eigenvalue weighted by Crippen LogP contribution is -2.22. The number of aromatic nitrogens is 2. The van der Waals surface area contributed by atoms with Crippen molar-refractivity contribution in [2.24, 2.45) is 0 Å². The topological polar surface area (TPSA) is 43.0 Å². The normalized spacial score (nSPS) is 10.2. The van der Waals surface area contributed by atoms with Crippen LogP contribution in [0, 0.1) is 11.8 Å². The molecule has 4 nitrogen and oxygen atoms in total. The summed E-state index contributed by atoms with van der Waals surface area (Å²) in [4.78, 5) is 23.3. The van der Waals surface area contributed by atoms with Crippen LogP contribution < -0.4 is 11.1 Å². The van der Waals surface area contributed by atoms with Crippen molar-refractivity contribution in [3.05, 3.63) is 80.6 Å². The summed E-state index contributed by atoms with van der Waals surface area (Å²) in [6.45, 7) is 0. The first kappa shape index (κ1) is 10.4. The van der Waals surface area contributed by atoms with Crippen molar-refractivity contribution in [1.82, 2.24) is 9.03 Å². The second-order valence-corrected chi connectivity index (χ2v) is 3.81. The molecule has 0 aliphatic carbocycles. The Hall–Kier alpha value is -2.80. The van der Waals surface area contributed by atoms with Crippen molar-refractivity contribution >= 4 is 0 Å². The van der Waals surface area contributed by atoms with Crippen LogP contribution >= 0.6 is 0 Å². The van der Waals surface area contributed by atoms with E-state index in [2.05, 4.69) is 11.8 Å². The molecule has 4 heteroatoms. The highest BCUT2D eigenvalue weighted by Crippen LogP contribution is 1.96. The fourth-order valence-electron chi connectivity index (χ4n) is 1.75. The predicted molar refractivity (Wildman–Crippen MR) is 67.0 cm³/mol. The van der Waals surface area contributed by atoms with Gasteiger partial charge in [-0.25, -0.2) is 0 Å². The lowest BCUT2D eigenvalue weighted by Gasteiger charge is -1.84. The van der Waals surface area contributed by atoms with Gasteiger partial charge in [0, 0.05) is 24.0 Å². The standard InChI is InChI=1S/C14H8N2O2/c17-13-8-9-15-10-12(14(18)16(13)15)7-6-11-4-2-1-3-5-11/h1-5,8-10H. The highest BCUT2D eigenvalue weighted by atomic mass is 16.2. The van der Waals surface area contributed by atoms with Crippen molar-refractivity contribution in [3.63, 3.8) is 0 Å². The molecule has 0 unspecified atom stereocenters. The minimum atomic E-state index is -0.381. The molecule has 0 atom stereocenters. The molecule has 2 aromatic heterocycles. The quantitative estimate of drug-likeness (QED) is 0.536. The SMILES string of the molecule is O=c1ccn2cc(C#Cc3ccccc3)c(=O)n12. The molecule has 0 radical (unpaired) electrons. The van der Waals surface area contributed by atoms with Gasteiger partial charge in [-0.15, -0.1) is 0 Å². The highest BCUT2D eigenvalue weighted by Gasteiger charge is 2.06. The van der Waals surface area contributed by atoms with Crippen molar-refractivity contribution in [2.75, 3.05) is 0 Å². The molecule has 0 saturated carbocycles. The molecule has 0 N–H and O–H groups in total. The van der Waals surface area contributed by atoms with Crippen molar-refractivity contribution < 1.29 is 0 Å². The Bertz CT molecular complexity index is 864. The Morgan fingerprint density at radius 2 is 1.72 bits per heavy atom. The van der Waals surface area contributed by atoms with Crippen LogP contribution in [0.25, 0.3) is 0 Å². The average Bonchev–Trinajstić information content (AvgIpc) is 2.90. The zero-order valence-electron chi connectivity index (χ0n) is 9.33. The van der Waals surface area contributed by atoms with Crippen molar-refractivity contribution in [1.29, 1.82) is 0 Å². The fraction of sp³-hybridized carbons (Fsp3) is 0. The summed E-state index contributed by atoms with van der Waals surface area (Å²) in [5, 5.41) is 0. The van der Waals surface area contributed by atoms with Gasteiger partial charge in [0.25, 0.3) is 11.1 Å². The highest BCUT2D eigenvalue weighted by molar-refractivity contribution is 5.41. The second-order valence-electron chi connectivity index (χ2n) is 3.81. The Kier molecular flexibility index (Phi) is 2.24. The average molecular weight is 236 g/mol. The van der Waals surface area contributed by atoms with E-state index in [1.165, 1.54) is 16.8 Å². The van der Waals surface area contributed by atoms with Crippen LogP contribution in [0.3, 0.4) is 0 Å². The monoisotopic (exact) mass is 236 g/mol. The number of benzene rings is 1. The summed E-state index contributed by atoms with van der Waals surface area (Å²) < 4.78 is 2.49. The van der Waals surface area contributed by atoms with Crippen molar-refractivity contribution in [2.45, 2.75) is 0 Å². The fourth-order valence-corrected chi connectivity index (χ4v) is 1.75. The van der Waals surface area contributed by atoms with Crippen LogP contribution in [0.2, 0.25) is 0 Å². The third-order valence-electron chi connectivity index (χ3n) is 2.61. The van der Waals surface area contributed by atoms with E-state index in [1.807, 2.05) is 30.3 Å². The van der Waals surface area contributed by atoms with Gasteiger partial charge in [0.05, 0.1) is 0 Å². The van der Waals surface area contributed by atoms with Gasteiger partial charge in [-0.1, -0.05) is 30.0 Å². The van der Waals surface area contributed by atoms with E-state index in [1.54, 1.807) is 6.20 Å². The minimum absolute atomic E-state index is 0.316. The zero-order chi connectivity index (χ0) is 12.5. The van der Waals surface area contributed by atoms with Crippen molar-refractivity contribution in [3.8, 4) is 11.8 Å². The molecule has 0 spiro atoms. The number of hydrogen-bond donors (Lipinski definition) is 0. The summed E-state index contributed by atoms with van der Waals surface area (Å²) in [6.07, 6.45) is 3.09. The van der Waals surface area contributed by atoms with Crippen LogP contribution in [0.1, 0.15) is 11.1 Å². The lowest BCUT2D eigenvalue weighted by atomic mass is 10.2. The molecule has 0 aliphatic heterocycles. The summed E-state index contributed by atoms with van der Waals surface area (Å²) >= 11 is 0. The van der Waals surface area contributed by atoms with Crippen LogP contribution in [0.4, 0.5) is 0 Å². The first-order valence-electron chi connectivity index (χ1n) is 5.39. The molecule has 0 fully saturated rings. The molecule has 0 aliphatic rings. The van der Waals surface area contributed by atoms with Gasteiger partial charge in [-0.3, -0.25) is 14.1 Å². The maximum atomic E-state index is 11.9. The summed E-state index contributed by atoms with van der Waals surface area (Å²) in [7, 11) is 0.